The molecule has 0 saturated carbocycles. The summed E-state index contributed by atoms with van der Waals surface area (Å²) in [6, 6.07) is 8.86. The monoisotopic (exact) mass is 466 g/mol. The van der Waals surface area contributed by atoms with Crippen molar-refractivity contribution in [2.75, 3.05) is 26.2 Å². The van der Waals surface area contributed by atoms with E-state index in [0.717, 1.165) is 18.0 Å². The number of hydrogen-bond acceptors (Lipinski definition) is 7. The Morgan fingerprint density at radius 3 is 2.77 bits per heavy atom. The quantitative estimate of drug-likeness (QED) is 0.541. The molecule has 0 spiro atoms. The molecule has 3 heterocycles. The molecule has 1 fully saturated rings. The van der Waals surface area contributed by atoms with E-state index in [1.165, 1.54) is 0 Å². The van der Waals surface area contributed by atoms with Crippen molar-refractivity contribution in [3.63, 3.8) is 0 Å². The summed E-state index contributed by atoms with van der Waals surface area (Å²) in [6.07, 6.45) is -0.639. The zero-order valence-electron chi connectivity index (χ0n) is 16.3. The molecule has 1 amide bonds. The molecule has 10 heteroatoms. The molecule has 2 aromatic heterocycles. The Kier molecular flexibility index (Phi) is 6.58. The van der Waals surface area contributed by atoms with Crippen LogP contribution in [0.2, 0.25) is 10.0 Å². The van der Waals surface area contributed by atoms with Gasteiger partial charge in [0.25, 0.3) is 5.91 Å². The molecule has 0 aliphatic carbocycles. The highest BCUT2D eigenvalue weighted by Gasteiger charge is 2.27. The fraction of sp³-hybridized carbons (Fsp3) is 0.350. The van der Waals surface area contributed by atoms with Gasteiger partial charge in [0.05, 0.1) is 16.4 Å². The number of carbonyl (C=O) groups excluding carboxylic acids is 1. The molecule has 0 N–H and O–H groups in total. The summed E-state index contributed by atoms with van der Waals surface area (Å²) in [5, 5.41) is 6.92. The number of piperazine rings is 1. The van der Waals surface area contributed by atoms with Crippen LogP contribution in [0.15, 0.2) is 40.2 Å². The Bertz CT molecular complexity index is 1000. The van der Waals surface area contributed by atoms with E-state index in [0.29, 0.717) is 47.1 Å². The van der Waals surface area contributed by atoms with Gasteiger partial charge < -0.3 is 14.2 Å². The maximum Gasteiger partial charge on any atom is 0.263 e. The molecule has 0 radical (unpaired) electrons. The van der Waals surface area contributed by atoms with Crippen molar-refractivity contribution in [1.29, 1.82) is 0 Å². The normalized spacial score (nSPS) is 15.9. The summed E-state index contributed by atoms with van der Waals surface area (Å²) in [4.78, 5) is 22.2. The minimum absolute atomic E-state index is 0.0709. The van der Waals surface area contributed by atoms with Crippen LogP contribution in [0.5, 0.6) is 5.75 Å². The Labute approximate surface area is 188 Å². The van der Waals surface area contributed by atoms with E-state index in [4.69, 9.17) is 32.5 Å². The second kappa shape index (κ2) is 9.34. The summed E-state index contributed by atoms with van der Waals surface area (Å²) < 4.78 is 11.1. The standard InChI is InChI=1S/C20H20Cl2N4O3S/c1-13(28-16-5-4-14(21)11-15(16)22)20(27)26-8-6-25(7-9-26)12-18-23-19(24-29-18)17-3-2-10-30-17/h2-5,10-11,13H,6-9,12H2,1H3. The number of ether oxygens (including phenoxy) is 1. The largest absolute Gasteiger partial charge is 0.479 e. The third kappa shape index (κ3) is 4.95. The molecule has 30 heavy (non-hydrogen) atoms. The molecule has 4 rings (SSSR count). The van der Waals surface area contributed by atoms with Crippen LogP contribution in [-0.2, 0) is 11.3 Å². The number of aromatic nitrogens is 2. The first-order chi connectivity index (χ1) is 14.5. The molecule has 3 aromatic rings. The lowest BCUT2D eigenvalue weighted by Gasteiger charge is -2.35. The maximum absolute atomic E-state index is 12.8. The fourth-order valence-corrected chi connectivity index (χ4v) is 4.31. The predicted octanol–water partition coefficient (Wildman–Crippen LogP) is 4.22. The number of benzene rings is 1. The lowest BCUT2D eigenvalue weighted by Crippen LogP contribution is -2.51. The van der Waals surface area contributed by atoms with E-state index < -0.39 is 6.10 Å². The molecular formula is C20H20Cl2N4O3S. The van der Waals surface area contributed by atoms with E-state index in [-0.39, 0.29) is 5.91 Å². The first kappa shape index (κ1) is 21.1. The fourth-order valence-electron chi connectivity index (χ4n) is 3.21. The van der Waals surface area contributed by atoms with Gasteiger partial charge in [0.1, 0.15) is 5.75 Å². The molecule has 1 atom stereocenters. The molecule has 1 aliphatic heterocycles. The van der Waals surface area contributed by atoms with E-state index in [2.05, 4.69) is 15.0 Å². The number of carbonyl (C=O) groups is 1. The van der Waals surface area contributed by atoms with Crippen molar-refractivity contribution >= 4 is 40.4 Å². The molecule has 7 nitrogen and oxygen atoms in total. The first-order valence-corrected chi connectivity index (χ1v) is 11.1. The van der Waals surface area contributed by atoms with Crippen molar-refractivity contribution in [2.24, 2.45) is 0 Å². The Hall–Kier alpha value is -2.13. The molecule has 1 aliphatic rings. The van der Waals surface area contributed by atoms with Crippen LogP contribution in [0.3, 0.4) is 0 Å². The van der Waals surface area contributed by atoms with Gasteiger partial charge in [-0.05, 0) is 36.6 Å². The highest BCUT2D eigenvalue weighted by molar-refractivity contribution is 7.13. The molecular weight excluding hydrogens is 447 g/mol. The van der Waals surface area contributed by atoms with Crippen molar-refractivity contribution in [2.45, 2.75) is 19.6 Å². The van der Waals surface area contributed by atoms with Gasteiger partial charge >= 0.3 is 0 Å². The summed E-state index contributed by atoms with van der Waals surface area (Å²) in [5.41, 5.74) is 0. The Morgan fingerprint density at radius 2 is 2.07 bits per heavy atom. The highest BCUT2D eigenvalue weighted by atomic mass is 35.5. The van der Waals surface area contributed by atoms with Crippen LogP contribution in [0.4, 0.5) is 0 Å². The van der Waals surface area contributed by atoms with Crippen LogP contribution >= 0.6 is 34.5 Å². The van der Waals surface area contributed by atoms with Crippen LogP contribution in [0.25, 0.3) is 10.7 Å². The van der Waals surface area contributed by atoms with E-state index in [1.54, 1.807) is 41.4 Å². The van der Waals surface area contributed by atoms with Gasteiger partial charge in [0.2, 0.25) is 11.7 Å². The van der Waals surface area contributed by atoms with Crippen molar-refractivity contribution in [3.05, 3.63) is 51.6 Å². The first-order valence-electron chi connectivity index (χ1n) is 9.49. The number of thiophene rings is 1. The minimum Gasteiger partial charge on any atom is -0.479 e. The molecule has 1 unspecified atom stereocenters. The Morgan fingerprint density at radius 1 is 1.27 bits per heavy atom. The van der Waals surface area contributed by atoms with Crippen LogP contribution in [0.1, 0.15) is 12.8 Å². The third-order valence-electron chi connectivity index (χ3n) is 4.80. The van der Waals surface area contributed by atoms with Crippen molar-refractivity contribution in [1.82, 2.24) is 19.9 Å². The van der Waals surface area contributed by atoms with Gasteiger partial charge in [-0.1, -0.05) is 34.4 Å². The minimum atomic E-state index is -0.639. The third-order valence-corrected chi connectivity index (χ3v) is 6.19. The second-order valence-electron chi connectivity index (χ2n) is 6.93. The number of hydrogen-bond donors (Lipinski definition) is 0. The average Bonchev–Trinajstić information content (AvgIpc) is 3.42. The van der Waals surface area contributed by atoms with Gasteiger partial charge in [-0.25, -0.2) is 0 Å². The number of rotatable bonds is 6. The van der Waals surface area contributed by atoms with Gasteiger partial charge in [0, 0.05) is 31.2 Å². The number of nitrogens with zero attached hydrogens (tertiary/aromatic N) is 4. The molecule has 1 aromatic carbocycles. The molecule has 0 bridgehead atoms. The van der Waals surface area contributed by atoms with Crippen LogP contribution in [0, 0.1) is 0 Å². The highest BCUT2D eigenvalue weighted by Crippen LogP contribution is 2.28. The Balaban J connectivity index is 1.28. The maximum atomic E-state index is 12.8. The number of halogens is 2. The van der Waals surface area contributed by atoms with Gasteiger partial charge in [0.15, 0.2) is 6.10 Å². The molecule has 1 saturated heterocycles. The lowest BCUT2D eigenvalue weighted by atomic mass is 10.2. The molecule has 158 valence electrons. The van der Waals surface area contributed by atoms with Crippen molar-refractivity contribution in [3.8, 4) is 16.5 Å². The van der Waals surface area contributed by atoms with Crippen LogP contribution < -0.4 is 4.74 Å². The number of amides is 1. The zero-order chi connectivity index (χ0) is 21.1. The SMILES string of the molecule is CC(Oc1ccc(Cl)cc1Cl)C(=O)N1CCN(Cc2nc(-c3cccs3)no2)CC1. The lowest BCUT2D eigenvalue weighted by molar-refractivity contribution is -0.139. The summed E-state index contributed by atoms with van der Waals surface area (Å²) in [5.74, 6) is 1.56. The van der Waals surface area contributed by atoms with Gasteiger partial charge in [-0.3, -0.25) is 9.69 Å². The van der Waals surface area contributed by atoms with E-state index in [1.807, 2.05) is 17.5 Å². The summed E-state index contributed by atoms with van der Waals surface area (Å²) in [6.45, 7) is 4.93. The summed E-state index contributed by atoms with van der Waals surface area (Å²) in [7, 11) is 0. The van der Waals surface area contributed by atoms with Crippen molar-refractivity contribution < 1.29 is 14.1 Å². The van der Waals surface area contributed by atoms with E-state index in [9.17, 15) is 4.79 Å². The van der Waals surface area contributed by atoms with E-state index >= 15 is 0 Å². The summed E-state index contributed by atoms with van der Waals surface area (Å²) >= 11 is 13.6. The second-order valence-corrected chi connectivity index (χ2v) is 8.72. The smallest absolute Gasteiger partial charge is 0.263 e. The van der Waals surface area contributed by atoms with Crippen LogP contribution in [-0.4, -0.2) is 58.1 Å². The zero-order valence-corrected chi connectivity index (χ0v) is 18.6. The predicted molar refractivity (Wildman–Crippen MR) is 116 cm³/mol. The topological polar surface area (TPSA) is 71.7 Å². The van der Waals surface area contributed by atoms with Gasteiger partial charge in [-0.15, -0.1) is 11.3 Å². The van der Waals surface area contributed by atoms with Gasteiger partial charge in [-0.2, -0.15) is 4.98 Å². The average molecular weight is 467 g/mol.